The molecule has 2 fully saturated rings. The standard InChI is InChI=1S/C17H21N3O4S/c21-16-13-10-12(7-8-14(13)18-17(22)19-16)25(23,24)20-9-3-5-11-4-1-2-6-15(11)20/h7-8,10-11,15H,1-6,9H2,(H2,18,19,21,22). The fraction of sp³-hybridized carbons (Fsp3) is 0.529. The molecule has 0 radical (unpaired) electrons. The minimum atomic E-state index is -3.66. The number of sulfonamides is 1. The minimum absolute atomic E-state index is 0.0667. The summed E-state index contributed by atoms with van der Waals surface area (Å²) >= 11 is 0. The van der Waals surface area contributed by atoms with Gasteiger partial charge in [-0.05, 0) is 49.8 Å². The van der Waals surface area contributed by atoms with Crippen LogP contribution in [0.3, 0.4) is 0 Å². The van der Waals surface area contributed by atoms with Gasteiger partial charge in [-0.1, -0.05) is 12.8 Å². The Bertz CT molecular complexity index is 1020. The summed E-state index contributed by atoms with van der Waals surface area (Å²) in [7, 11) is -3.66. The lowest BCUT2D eigenvalue weighted by Gasteiger charge is -2.43. The molecule has 25 heavy (non-hydrogen) atoms. The van der Waals surface area contributed by atoms with Crippen molar-refractivity contribution in [2.75, 3.05) is 6.54 Å². The van der Waals surface area contributed by atoms with Gasteiger partial charge in [0.15, 0.2) is 0 Å². The van der Waals surface area contributed by atoms with Gasteiger partial charge in [-0.15, -0.1) is 0 Å². The SMILES string of the molecule is O=c1[nH]c(=O)c2cc(S(=O)(=O)N3CCCC4CCCCC43)ccc2[nH]1. The van der Waals surface area contributed by atoms with Crippen LogP contribution in [0.25, 0.3) is 10.9 Å². The van der Waals surface area contributed by atoms with Crippen molar-refractivity contribution in [2.24, 2.45) is 5.92 Å². The second kappa shape index (κ2) is 6.10. The number of aromatic amines is 2. The van der Waals surface area contributed by atoms with E-state index in [1.54, 1.807) is 4.31 Å². The number of hydrogen-bond donors (Lipinski definition) is 2. The Morgan fingerprint density at radius 1 is 1.00 bits per heavy atom. The summed E-state index contributed by atoms with van der Waals surface area (Å²) < 4.78 is 28.1. The van der Waals surface area contributed by atoms with Crippen molar-refractivity contribution in [3.63, 3.8) is 0 Å². The first-order chi connectivity index (χ1) is 12.0. The number of fused-ring (bicyclic) bond motifs is 2. The first-order valence-electron chi connectivity index (χ1n) is 8.75. The molecule has 134 valence electrons. The molecule has 2 atom stereocenters. The van der Waals surface area contributed by atoms with Crippen LogP contribution in [0.15, 0.2) is 32.7 Å². The van der Waals surface area contributed by atoms with Crippen LogP contribution in [-0.2, 0) is 10.0 Å². The van der Waals surface area contributed by atoms with Gasteiger partial charge in [0.25, 0.3) is 5.56 Å². The summed E-state index contributed by atoms with van der Waals surface area (Å²) in [5.41, 5.74) is -0.846. The summed E-state index contributed by atoms with van der Waals surface area (Å²) in [5, 5.41) is 0.179. The number of benzene rings is 1. The van der Waals surface area contributed by atoms with E-state index in [4.69, 9.17) is 0 Å². The predicted molar refractivity (Wildman–Crippen MR) is 94.1 cm³/mol. The predicted octanol–water partition coefficient (Wildman–Crippen LogP) is 1.56. The lowest BCUT2D eigenvalue weighted by molar-refractivity contribution is 0.129. The zero-order valence-electron chi connectivity index (χ0n) is 13.8. The number of H-pyrrole nitrogens is 2. The average Bonchev–Trinajstić information content (AvgIpc) is 2.60. The third-order valence-electron chi connectivity index (χ3n) is 5.51. The zero-order chi connectivity index (χ0) is 17.6. The molecule has 2 aliphatic rings. The number of piperidine rings is 1. The smallest absolute Gasteiger partial charge is 0.307 e. The molecule has 1 aromatic heterocycles. The van der Waals surface area contributed by atoms with Crippen molar-refractivity contribution in [1.29, 1.82) is 0 Å². The molecule has 2 aromatic rings. The summed E-state index contributed by atoms with van der Waals surface area (Å²) in [6, 6.07) is 4.39. The molecule has 0 amide bonds. The van der Waals surface area contributed by atoms with Crippen LogP contribution in [-0.4, -0.2) is 35.3 Å². The third-order valence-corrected chi connectivity index (χ3v) is 7.43. The monoisotopic (exact) mass is 363 g/mol. The highest BCUT2D eigenvalue weighted by molar-refractivity contribution is 7.89. The van der Waals surface area contributed by atoms with Crippen LogP contribution in [0.1, 0.15) is 38.5 Å². The minimum Gasteiger partial charge on any atom is -0.307 e. The van der Waals surface area contributed by atoms with Gasteiger partial charge < -0.3 is 4.98 Å². The van der Waals surface area contributed by atoms with Crippen LogP contribution < -0.4 is 11.2 Å². The van der Waals surface area contributed by atoms with E-state index in [2.05, 4.69) is 9.97 Å². The van der Waals surface area contributed by atoms with Crippen molar-refractivity contribution < 1.29 is 8.42 Å². The Kier molecular flexibility index (Phi) is 4.04. The van der Waals surface area contributed by atoms with E-state index in [9.17, 15) is 18.0 Å². The Morgan fingerprint density at radius 3 is 2.60 bits per heavy atom. The number of nitrogens with zero attached hydrogens (tertiary/aromatic N) is 1. The van der Waals surface area contributed by atoms with Gasteiger partial charge in [-0.3, -0.25) is 9.78 Å². The quantitative estimate of drug-likeness (QED) is 0.845. The van der Waals surface area contributed by atoms with Gasteiger partial charge >= 0.3 is 5.69 Å². The van der Waals surface area contributed by atoms with Crippen LogP contribution in [0.4, 0.5) is 0 Å². The maximum Gasteiger partial charge on any atom is 0.326 e. The average molecular weight is 363 g/mol. The van der Waals surface area contributed by atoms with Gasteiger partial charge in [0, 0.05) is 12.6 Å². The molecule has 1 saturated carbocycles. The Morgan fingerprint density at radius 2 is 1.76 bits per heavy atom. The molecule has 1 aliphatic carbocycles. The van der Waals surface area contributed by atoms with Crippen molar-refractivity contribution in [1.82, 2.24) is 14.3 Å². The van der Waals surface area contributed by atoms with Gasteiger partial charge in [-0.25, -0.2) is 13.2 Å². The highest BCUT2D eigenvalue weighted by atomic mass is 32.2. The third kappa shape index (κ3) is 2.83. The normalized spacial score (nSPS) is 25.0. The van der Waals surface area contributed by atoms with E-state index in [1.807, 2.05) is 0 Å². The molecule has 0 bridgehead atoms. The van der Waals surface area contributed by atoms with Crippen molar-refractivity contribution in [3.05, 3.63) is 39.0 Å². The molecule has 4 rings (SSSR count). The Labute approximate surface area is 145 Å². The molecule has 1 aromatic carbocycles. The molecular weight excluding hydrogens is 342 g/mol. The maximum absolute atomic E-state index is 13.2. The molecule has 0 spiro atoms. The fourth-order valence-corrected chi connectivity index (χ4v) is 6.10. The van der Waals surface area contributed by atoms with Gasteiger partial charge in [-0.2, -0.15) is 4.31 Å². The highest BCUT2D eigenvalue weighted by Crippen LogP contribution is 2.38. The number of aromatic nitrogens is 2. The Balaban J connectivity index is 1.78. The number of hydrogen-bond acceptors (Lipinski definition) is 4. The van der Waals surface area contributed by atoms with Gasteiger partial charge in [0.05, 0.1) is 15.8 Å². The first-order valence-corrected chi connectivity index (χ1v) is 10.2. The van der Waals surface area contributed by atoms with Crippen LogP contribution in [0, 0.1) is 5.92 Å². The van der Waals surface area contributed by atoms with E-state index < -0.39 is 21.3 Å². The lowest BCUT2D eigenvalue weighted by atomic mass is 9.79. The van der Waals surface area contributed by atoms with Crippen molar-refractivity contribution in [3.8, 4) is 0 Å². The maximum atomic E-state index is 13.2. The topological polar surface area (TPSA) is 103 Å². The Hall–Kier alpha value is -1.93. The second-order valence-electron chi connectivity index (χ2n) is 6.99. The number of nitrogens with one attached hydrogen (secondary N) is 2. The van der Waals surface area contributed by atoms with Crippen LogP contribution in [0.5, 0.6) is 0 Å². The zero-order valence-corrected chi connectivity index (χ0v) is 14.6. The van der Waals surface area contributed by atoms with Crippen molar-refractivity contribution in [2.45, 2.75) is 49.5 Å². The summed E-state index contributed by atoms with van der Waals surface area (Å²) in [5.74, 6) is 0.442. The van der Waals surface area contributed by atoms with Crippen LogP contribution in [0.2, 0.25) is 0 Å². The van der Waals surface area contributed by atoms with E-state index in [0.717, 1.165) is 32.1 Å². The van der Waals surface area contributed by atoms with E-state index in [-0.39, 0.29) is 16.3 Å². The molecular formula is C17H21N3O4S. The van der Waals surface area contributed by atoms with Gasteiger partial charge in [0.2, 0.25) is 10.0 Å². The lowest BCUT2D eigenvalue weighted by Crippen LogP contribution is -2.49. The summed E-state index contributed by atoms with van der Waals surface area (Å²) in [4.78, 5) is 28.1. The molecule has 2 N–H and O–H groups in total. The first kappa shape index (κ1) is 16.5. The molecule has 2 unspecified atom stereocenters. The molecule has 8 heteroatoms. The molecule has 2 heterocycles. The van der Waals surface area contributed by atoms with E-state index in [0.29, 0.717) is 18.0 Å². The summed E-state index contributed by atoms with van der Waals surface area (Å²) in [6.07, 6.45) is 6.21. The molecule has 1 saturated heterocycles. The highest BCUT2D eigenvalue weighted by Gasteiger charge is 2.39. The fourth-order valence-electron chi connectivity index (χ4n) is 4.32. The van der Waals surface area contributed by atoms with E-state index in [1.165, 1.54) is 24.6 Å². The van der Waals surface area contributed by atoms with E-state index >= 15 is 0 Å². The summed E-state index contributed by atoms with van der Waals surface area (Å²) in [6.45, 7) is 0.531. The van der Waals surface area contributed by atoms with Crippen molar-refractivity contribution >= 4 is 20.9 Å². The number of rotatable bonds is 2. The molecule has 1 aliphatic heterocycles. The molecule has 7 nitrogen and oxygen atoms in total. The largest absolute Gasteiger partial charge is 0.326 e. The second-order valence-corrected chi connectivity index (χ2v) is 8.88. The van der Waals surface area contributed by atoms with Gasteiger partial charge in [0.1, 0.15) is 0 Å². The van der Waals surface area contributed by atoms with Crippen LogP contribution >= 0.6 is 0 Å².